The second-order valence-corrected chi connectivity index (χ2v) is 10.2. The summed E-state index contributed by atoms with van der Waals surface area (Å²) in [4.78, 5) is 29.2. The van der Waals surface area contributed by atoms with Gasteiger partial charge in [-0.3, -0.25) is 9.78 Å². The molecule has 2 aromatic carbocycles. The number of pyridine rings is 1. The van der Waals surface area contributed by atoms with Gasteiger partial charge in [0.2, 0.25) is 5.91 Å². The van der Waals surface area contributed by atoms with Gasteiger partial charge in [-0.1, -0.05) is 55.8 Å². The number of ether oxygens (including phenoxy) is 1. The van der Waals surface area contributed by atoms with Crippen LogP contribution in [0.1, 0.15) is 61.8 Å². The maximum absolute atomic E-state index is 12.5. The van der Waals surface area contributed by atoms with Gasteiger partial charge in [-0.25, -0.2) is 4.79 Å². The van der Waals surface area contributed by atoms with Gasteiger partial charge in [-0.15, -0.1) is 0 Å². The fourth-order valence-electron chi connectivity index (χ4n) is 3.82. The first-order valence-electron chi connectivity index (χ1n) is 11.9. The minimum absolute atomic E-state index is 0.286. The molecule has 35 heavy (non-hydrogen) atoms. The Bertz CT molecular complexity index is 1210. The number of alkyl carbamates (subject to hydrolysis) is 1. The summed E-state index contributed by atoms with van der Waals surface area (Å²) in [6, 6.07) is 17.5. The summed E-state index contributed by atoms with van der Waals surface area (Å²) in [7, 11) is 0. The molecule has 6 heteroatoms. The van der Waals surface area contributed by atoms with Gasteiger partial charge in [0.1, 0.15) is 5.60 Å². The maximum Gasteiger partial charge on any atom is 0.407 e. The number of nitrogens with one attached hydrogen (secondary N) is 1. The summed E-state index contributed by atoms with van der Waals surface area (Å²) in [6.45, 7) is 12.1. The molecule has 0 bridgehead atoms. The van der Waals surface area contributed by atoms with Gasteiger partial charge in [0, 0.05) is 28.9 Å². The molecule has 0 spiro atoms. The van der Waals surface area contributed by atoms with Crippen LogP contribution in [-0.2, 0) is 17.7 Å². The third-order valence-electron chi connectivity index (χ3n) is 5.43. The molecule has 0 aliphatic rings. The Morgan fingerprint density at radius 3 is 2.31 bits per heavy atom. The van der Waals surface area contributed by atoms with Crippen molar-refractivity contribution < 1.29 is 14.3 Å². The maximum atomic E-state index is 12.5. The minimum atomic E-state index is -0.585. The minimum Gasteiger partial charge on any atom is -0.444 e. The summed E-state index contributed by atoms with van der Waals surface area (Å²) >= 11 is 0. The third kappa shape index (κ3) is 7.15. The second-order valence-electron chi connectivity index (χ2n) is 10.2. The molecule has 6 nitrogen and oxygen atoms in total. The molecular formula is C29H35N3O3. The number of hydrogen-bond acceptors (Lipinski definition) is 4. The topological polar surface area (TPSA) is 94.3 Å². The summed E-state index contributed by atoms with van der Waals surface area (Å²) in [5.74, 6) is -0.132. The van der Waals surface area contributed by atoms with E-state index in [1.807, 2.05) is 45.9 Å². The molecule has 0 radical (unpaired) electrons. The molecule has 0 aliphatic carbocycles. The molecule has 3 N–H and O–H groups in total. The highest BCUT2D eigenvalue weighted by Crippen LogP contribution is 2.32. The van der Waals surface area contributed by atoms with Crippen LogP contribution in [-0.4, -0.2) is 22.6 Å². The van der Waals surface area contributed by atoms with E-state index in [0.29, 0.717) is 11.5 Å². The molecule has 0 unspecified atom stereocenters. The van der Waals surface area contributed by atoms with E-state index in [2.05, 4.69) is 43.4 Å². The molecular weight excluding hydrogens is 438 g/mol. The summed E-state index contributed by atoms with van der Waals surface area (Å²) < 4.78 is 5.46. The number of hydrogen-bond donors (Lipinski definition) is 2. The number of carbonyl (C=O) groups is 2. The number of nitrogens with zero attached hydrogens (tertiary/aromatic N) is 1. The van der Waals surface area contributed by atoms with E-state index in [4.69, 9.17) is 15.5 Å². The quantitative estimate of drug-likeness (QED) is 0.437. The number of benzene rings is 2. The first kappa shape index (κ1) is 25.9. The van der Waals surface area contributed by atoms with Crippen molar-refractivity contribution in [1.29, 1.82) is 0 Å². The number of aryl methyl sites for hydroxylation is 1. The van der Waals surface area contributed by atoms with E-state index < -0.39 is 17.6 Å². The van der Waals surface area contributed by atoms with Crippen molar-refractivity contribution in [1.82, 2.24) is 10.3 Å². The Labute approximate surface area is 207 Å². The first-order chi connectivity index (χ1) is 16.4. The van der Waals surface area contributed by atoms with Crippen LogP contribution in [0.15, 0.2) is 54.6 Å². The highest BCUT2D eigenvalue weighted by molar-refractivity contribution is 5.94. The van der Waals surface area contributed by atoms with Crippen molar-refractivity contribution >= 4 is 12.0 Å². The van der Waals surface area contributed by atoms with E-state index in [1.165, 1.54) is 0 Å². The van der Waals surface area contributed by atoms with E-state index >= 15 is 0 Å². The molecule has 2 amide bonds. The van der Waals surface area contributed by atoms with Crippen LogP contribution in [0.25, 0.3) is 22.4 Å². The predicted molar refractivity (Wildman–Crippen MR) is 140 cm³/mol. The van der Waals surface area contributed by atoms with Crippen LogP contribution in [0.3, 0.4) is 0 Å². The van der Waals surface area contributed by atoms with Crippen molar-refractivity contribution in [2.45, 2.75) is 60.1 Å². The van der Waals surface area contributed by atoms with Crippen molar-refractivity contribution in [3.63, 3.8) is 0 Å². The zero-order chi connectivity index (χ0) is 25.8. The fourth-order valence-corrected chi connectivity index (χ4v) is 3.82. The van der Waals surface area contributed by atoms with E-state index in [0.717, 1.165) is 45.6 Å². The van der Waals surface area contributed by atoms with Crippen LogP contribution in [0.2, 0.25) is 0 Å². The average Bonchev–Trinajstić information content (AvgIpc) is 2.77. The lowest BCUT2D eigenvalue weighted by molar-refractivity contribution is 0.0523. The van der Waals surface area contributed by atoms with Gasteiger partial charge in [0.15, 0.2) is 0 Å². The van der Waals surface area contributed by atoms with Gasteiger partial charge in [0.05, 0.1) is 5.69 Å². The molecule has 0 atom stereocenters. The third-order valence-corrected chi connectivity index (χ3v) is 5.43. The van der Waals surface area contributed by atoms with Gasteiger partial charge >= 0.3 is 6.09 Å². The smallest absolute Gasteiger partial charge is 0.407 e. The Balaban J connectivity index is 2.15. The lowest BCUT2D eigenvalue weighted by Gasteiger charge is -2.22. The standard InChI is InChI=1S/C29H35N3O3/c1-18(2)14-26-24(17-31-28(34)35-29(4,5)6)23(20-12-10-19(3)11-13-20)16-25(32-26)21-8-7-9-22(15-21)27(30)33/h7-13,15-16,18H,14,17H2,1-6H3,(H2,30,33)(H,31,34). The lowest BCUT2D eigenvalue weighted by atomic mass is 9.92. The van der Waals surface area contributed by atoms with Crippen LogP contribution in [0, 0.1) is 12.8 Å². The van der Waals surface area contributed by atoms with E-state index in [9.17, 15) is 9.59 Å². The molecule has 1 aromatic heterocycles. The highest BCUT2D eigenvalue weighted by atomic mass is 16.6. The largest absolute Gasteiger partial charge is 0.444 e. The SMILES string of the molecule is Cc1ccc(-c2cc(-c3cccc(C(N)=O)c3)nc(CC(C)C)c2CNC(=O)OC(C)(C)C)cc1. The Morgan fingerprint density at radius 1 is 1.03 bits per heavy atom. The molecule has 0 fully saturated rings. The van der Waals surface area contributed by atoms with Gasteiger partial charge in [-0.05, 0) is 69.4 Å². The van der Waals surface area contributed by atoms with Crippen molar-refractivity contribution in [3.05, 3.63) is 77.0 Å². The Hall–Kier alpha value is -3.67. The van der Waals surface area contributed by atoms with Crippen molar-refractivity contribution in [2.24, 2.45) is 11.7 Å². The van der Waals surface area contributed by atoms with Gasteiger partial charge < -0.3 is 15.8 Å². The van der Waals surface area contributed by atoms with Gasteiger partial charge in [0.25, 0.3) is 0 Å². The molecule has 3 rings (SSSR count). The summed E-state index contributed by atoms with van der Waals surface area (Å²) in [5.41, 5.74) is 11.9. The van der Waals surface area contributed by atoms with Crippen molar-refractivity contribution in [2.75, 3.05) is 0 Å². The van der Waals surface area contributed by atoms with Crippen LogP contribution < -0.4 is 11.1 Å². The van der Waals surface area contributed by atoms with Crippen molar-refractivity contribution in [3.8, 4) is 22.4 Å². The molecule has 1 heterocycles. The van der Waals surface area contributed by atoms with Crippen LogP contribution in [0.4, 0.5) is 4.79 Å². The predicted octanol–water partition coefficient (Wildman–Crippen LogP) is 6.05. The monoisotopic (exact) mass is 473 g/mol. The number of nitrogens with two attached hydrogens (primary N) is 1. The normalized spacial score (nSPS) is 11.4. The Morgan fingerprint density at radius 2 is 1.71 bits per heavy atom. The lowest BCUT2D eigenvalue weighted by Crippen LogP contribution is -2.32. The number of aromatic nitrogens is 1. The number of rotatable bonds is 7. The zero-order valence-electron chi connectivity index (χ0n) is 21.4. The zero-order valence-corrected chi connectivity index (χ0v) is 21.4. The summed E-state index contributed by atoms with van der Waals surface area (Å²) in [5, 5.41) is 2.91. The molecule has 3 aromatic rings. The molecule has 0 aliphatic heterocycles. The number of primary amides is 1. The fraction of sp³-hybridized carbons (Fsp3) is 0.345. The van der Waals surface area contributed by atoms with Gasteiger partial charge in [-0.2, -0.15) is 0 Å². The average molecular weight is 474 g/mol. The summed E-state index contributed by atoms with van der Waals surface area (Å²) in [6.07, 6.45) is 0.258. The Kier molecular flexibility index (Phi) is 7.95. The molecule has 0 saturated heterocycles. The molecule has 184 valence electrons. The first-order valence-corrected chi connectivity index (χ1v) is 11.9. The van der Waals surface area contributed by atoms with Crippen LogP contribution >= 0.6 is 0 Å². The van der Waals surface area contributed by atoms with Crippen LogP contribution in [0.5, 0.6) is 0 Å². The van der Waals surface area contributed by atoms with E-state index in [-0.39, 0.29) is 6.54 Å². The number of amides is 2. The highest BCUT2D eigenvalue weighted by Gasteiger charge is 2.20. The molecule has 0 saturated carbocycles. The second kappa shape index (κ2) is 10.7. The number of carbonyl (C=O) groups excluding carboxylic acids is 2. The van der Waals surface area contributed by atoms with E-state index in [1.54, 1.807) is 12.1 Å².